The van der Waals surface area contributed by atoms with Crippen LogP contribution in [0.3, 0.4) is 0 Å². The summed E-state index contributed by atoms with van der Waals surface area (Å²) in [7, 11) is 0. The Kier molecular flexibility index (Phi) is 3.52. The molecule has 1 N–H and O–H groups in total. The van der Waals surface area contributed by atoms with Crippen molar-refractivity contribution in [2.24, 2.45) is 0 Å². The van der Waals surface area contributed by atoms with Crippen LogP contribution in [0.2, 0.25) is 0 Å². The van der Waals surface area contributed by atoms with Gasteiger partial charge in [0.2, 0.25) is 0 Å². The van der Waals surface area contributed by atoms with Gasteiger partial charge in [-0.1, -0.05) is 27.7 Å². The summed E-state index contributed by atoms with van der Waals surface area (Å²) in [5, 5.41) is 7.49. The van der Waals surface area contributed by atoms with Crippen LogP contribution in [0.15, 0.2) is 0 Å². The van der Waals surface area contributed by atoms with Crippen molar-refractivity contribution in [3.05, 3.63) is 17.0 Å². The van der Waals surface area contributed by atoms with E-state index in [-0.39, 0.29) is 0 Å². The molecular formula is C11H20N2. The third kappa shape index (κ3) is 1.93. The second kappa shape index (κ2) is 4.45. The van der Waals surface area contributed by atoms with Gasteiger partial charge in [-0.15, -0.1) is 0 Å². The maximum atomic E-state index is 4.35. The number of hydrogen-bond donors (Lipinski definition) is 1. The molecule has 1 unspecified atom stereocenters. The molecule has 0 fully saturated rings. The molecule has 0 saturated carbocycles. The maximum Gasteiger partial charge on any atom is 0.0656 e. The number of aromatic nitrogens is 2. The first-order valence-electron chi connectivity index (χ1n) is 5.30. The molecule has 0 amide bonds. The number of hydrogen-bond acceptors (Lipinski definition) is 1. The number of nitrogens with one attached hydrogen (secondary N) is 1. The Hall–Kier alpha value is -0.790. The van der Waals surface area contributed by atoms with E-state index in [4.69, 9.17) is 0 Å². The molecule has 1 atom stereocenters. The predicted molar refractivity (Wildman–Crippen MR) is 56.0 cm³/mol. The van der Waals surface area contributed by atoms with Crippen LogP contribution < -0.4 is 0 Å². The second-order valence-electron chi connectivity index (χ2n) is 3.58. The highest BCUT2D eigenvalue weighted by Crippen LogP contribution is 2.25. The summed E-state index contributed by atoms with van der Waals surface area (Å²) >= 11 is 0. The molecular weight excluding hydrogens is 160 g/mol. The van der Waals surface area contributed by atoms with Crippen LogP contribution in [0.1, 0.15) is 57.0 Å². The van der Waals surface area contributed by atoms with Crippen molar-refractivity contribution < 1.29 is 0 Å². The lowest BCUT2D eigenvalue weighted by Crippen LogP contribution is -1.98. The second-order valence-corrected chi connectivity index (χ2v) is 3.58. The van der Waals surface area contributed by atoms with Crippen LogP contribution in [-0.4, -0.2) is 10.2 Å². The van der Waals surface area contributed by atoms with E-state index in [2.05, 4.69) is 37.9 Å². The average Bonchev–Trinajstić information content (AvgIpc) is 2.59. The van der Waals surface area contributed by atoms with Gasteiger partial charge in [0, 0.05) is 5.69 Å². The third-order valence-corrected chi connectivity index (χ3v) is 2.76. The Bertz CT molecular complexity index is 242. The first kappa shape index (κ1) is 10.3. The molecule has 0 aliphatic heterocycles. The van der Waals surface area contributed by atoms with Crippen molar-refractivity contribution in [3.8, 4) is 0 Å². The minimum absolute atomic E-state index is 0.642. The predicted octanol–water partition coefficient (Wildman–Crippen LogP) is 3.05. The monoisotopic (exact) mass is 180 g/mol. The summed E-state index contributed by atoms with van der Waals surface area (Å²) in [5.74, 6) is 0.642. The fourth-order valence-electron chi connectivity index (χ4n) is 1.75. The summed E-state index contributed by atoms with van der Waals surface area (Å²) in [6, 6.07) is 0. The number of aryl methyl sites for hydroxylation is 2. The normalized spacial score (nSPS) is 13.2. The minimum Gasteiger partial charge on any atom is -0.282 e. The quantitative estimate of drug-likeness (QED) is 0.758. The Balaban J connectivity index is 3.04. The molecule has 13 heavy (non-hydrogen) atoms. The first-order valence-corrected chi connectivity index (χ1v) is 5.30. The largest absolute Gasteiger partial charge is 0.282 e. The van der Waals surface area contributed by atoms with E-state index < -0.39 is 0 Å². The topological polar surface area (TPSA) is 28.7 Å². The molecule has 1 rings (SSSR count). The van der Waals surface area contributed by atoms with Crippen LogP contribution in [0.5, 0.6) is 0 Å². The van der Waals surface area contributed by atoms with Gasteiger partial charge in [0.1, 0.15) is 0 Å². The third-order valence-electron chi connectivity index (χ3n) is 2.76. The summed E-state index contributed by atoms with van der Waals surface area (Å²) in [6.45, 7) is 8.86. The fraction of sp³-hybridized carbons (Fsp3) is 0.727. The molecule has 1 heterocycles. The zero-order valence-electron chi connectivity index (χ0n) is 9.15. The Labute approximate surface area is 80.7 Å². The van der Waals surface area contributed by atoms with Crippen LogP contribution >= 0.6 is 0 Å². The van der Waals surface area contributed by atoms with Gasteiger partial charge in [-0.25, -0.2) is 0 Å². The van der Waals surface area contributed by atoms with Gasteiger partial charge in [0.05, 0.1) is 5.69 Å². The van der Waals surface area contributed by atoms with Crippen molar-refractivity contribution in [1.82, 2.24) is 10.2 Å². The summed E-state index contributed by atoms with van der Waals surface area (Å²) in [4.78, 5) is 0. The highest BCUT2D eigenvalue weighted by Gasteiger charge is 2.15. The zero-order valence-corrected chi connectivity index (χ0v) is 9.15. The summed E-state index contributed by atoms with van der Waals surface area (Å²) in [6.07, 6.45) is 3.29. The van der Waals surface area contributed by atoms with Gasteiger partial charge < -0.3 is 0 Å². The highest BCUT2D eigenvalue weighted by molar-refractivity contribution is 5.29. The van der Waals surface area contributed by atoms with E-state index in [1.807, 2.05) is 0 Å². The van der Waals surface area contributed by atoms with E-state index in [1.165, 1.54) is 23.4 Å². The number of H-pyrrole nitrogens is 1. The van der Waals surface area contributed by atoms with Gasteiger partial charge in [0.25, 0.3) is 0 Å². The smallest absolute Gasteiger partial charge is 0.0656 e. The zero-order chi connectivity index (χ0) is 9.84. The standard InChI is InChI=1S/C11H20N2/c1-5-8(4)11-9(6-2)12-13-10(11)7-3/h8H,5-7H2,1-4H3,(H,12,13). The van der Waals surface area contributed by atoms with E-state index in [9.17, 15) is 0 Å². The Morgan fingerprint density at radius 3 is 2.38 bits per heavy atom. The lowest BCUT2D eigenvalue weighted by atomic mass is 9.94. The highest BCUT2D eigenvalue weighted by atomic mass is 15.1. The van der Waals surface area contributed by atoms with Gasteiger partial charge in [-0.2, -0.15) is 5.10 Å². The van der Waals surface area contributed by atoms with Gasteiger partial charge >= 0.3 is 0 Å². The van der Waals surface area contributed by atoms with Crippen molar-refractivity contribution in [2.75, 3.05) is 0 Å². The van der Waals surface area contributed by atoms with E-state index in [0.717, 1.165) is 12.8 Å². The Morgan fingerprint density at radius 2 is 1.92 bits per heavy atom. The number of aromatic amines is 1. The van der Waals surface area contributed by atoms with Crippen molar-refractivity contribution >= 4 is 0 Å². The van der Waals surface area contributed by atoms with Gasteiger partial charge in [-0.05, 0) is 30.7 Å². The van der Waals surface area contributed by atoms with E-state index in [1.54, 1.807) is 0 Å². The van der Waals surface area contributed by atoms with Crippen LogP contribution in [-0.2, 0) is 12.8 Å². The molecule has 0 bridgehead atoms. The molecule has 1 aromatic rings. The molecule has 2 nitrogen and oxygen atoms in total. The minimum atomic E-state index is 0.642. The lowest BCUT2D eigenvalue weighted by Gasteiger charge is -2.10. The van der Waals surface area contributed by atoms with Gasteiger partial charge in [-0.3, -0.25) is 5.10 Å². The summed E-state index contributed by atoms with van der Waals surface area (Å²) < 4.78 is 0. The van der Waals surface area contributed by atoms with Gasteiger partial charge in [0.15, 0.2) is 0 Å². The fourth-order valence-corrected chi connectivity index (χ4v) is 1.75. The molecule has 0 saturated heterocycles. The average molecular weight is 180 g/mol. The first-order chi connectivity index (χ1) is 6.24. The molecule has 0 aromatic carbocycles. The lowest BCUT2D eigenvalue weighted by molar-refractivity contribution is 0.714. The van der Waals surface area contributed by atoms with Crippen molar-refractivity contribution in [2.45, 2.75) is 52.9 Å². The molecule has 0 aliphatic carbocycles. The van der Waals surface area contributed by atoms with Crippen molar-refractivity contribution in [1.29, 1.82) is 0 Å². The van der Waals surface area contributed by atoms with E-state index >= 15 is 0 Å². The number of nitrogens with zero attached hydrogens (tertiary/aromatic N) is 1. The number of rotatable bonds is 4. The molecule has 2 heteroatoms. The molecule has 74 valence electrons. The van der Waals surface area contributed by atoms with Crippen LogP contribution in [0.4, 0.5) is 0 Å². The summed E-state index contributed by atoms with van der Waals surface area (Å²) in [5.41, 5.74) is 4.05. The Morgan fingerprint density at radius 1 is 1.23 bits per heavy atom. The maximum absolute atomic E-state index is 4.35. The molecule has 1 aromatic heterocycles. The molecule has 0 radical (unpaired) electrons. The molecule has 0 spiro atoms. The van der Waals surface area contributed by atoms with E-state index in [0.29, 0.717) is 5.92 Å². The van der Waals surface area contributed by atoms with Crippen LogP contribution in [0, 0.1) is 0 Å². The van der Waals surface area contributed by atoms with Crippen LogP contribution in [0.25, 0.3) is 0 Å². The SMILES string of the molecule is CCc1n[nH]c(CC)c1C(C)CC. The van der Waals surface area contributed by atoms with Crippen molar-refractivity contribution in [3.63, 3.8) is 0 Å². The molecule has 0 aliphatic rings.